The molecule has 25 heavy (non-hydrogen) atoms. The van der Waals surface area contributed by atoms with Gasteiger partial charge < -0.3 is 5.32 Å². The summed E-state index contributed by atoms with van der Waals surface area (Å²) >= 11 is 12.3. The lowest BCUT2D eigenvalue weighted by atomic mass is 9.93. The molecule has 4 heteroatoms. The van der Waals surface area contributed by atoms with Crippen LogP contribution in [0.3, 0.4) is 0 Å². The third-order valence-corrected chi connectivity index (χ3v) is 5.94. The number of hydrogen-bond donors (Lipinski definition) is 1. The van der Waals surface area contributed by atoms with Gasteiger partial charge in [0.05, 0.1) is 10.0 Å². The molecular weight excluding hydrogens is 351 g/mol. The first-order valence-electron chi connectivity index (χ1n) is 8.90. The minimum absolute atomic E-state index is 0.426. The Kier molecular flexibility index (Phi) is 6.06. The number of nitrogens with zero attached hydrogens (tertiary/aromatic N) is 1. The van der Waals surface area contributed by atoms with Crippen molar-refractivity contribution in [1.82, 2.24) is 10.2 Å². The maximum atomic E-state index is 6.22. The lowest BCUT2D eigenvalue weighted by Crippen LogP contribution is -2.36. The average Bonchev–Trinajstić information content (AvgIpc) is 3.07. The van der Waals surface area contributed by atoms with Crippen molar-refractivity contribution in [3.8, 4) is 0 Å². The molecule has 2 nitrogen and oxygen atoms in total. The van der Waals surface area contributed by atoms with E-state index in [1.807, 2.05) is 12.1 Å². The number of hydrogen-bond acceptors (Lipinski definition) is 2. The Balaban J connectivity index is 1.71. The number of likely N-dealkylation sites (N-methyl/N-ethyl adjacent to an activating group) is 1. The molecule has 1 heterocycles. The van der Waals surface area contributed by atoms with E-state index >= 15 is 0 Å². The zero-order valence-corrected chi connectivity index (χ0v) is 16.6. The molecule has 1 fully saturated rings. The molecule has 0 radical (unpaired) electrons. The Morgan fingerprint density at radius 2 is 1.76 bits per heavy atom. The lowest BCUT2D eigenvalue weighted by molar-refractivity contribution is 0.232. The van der Waals surface area contributed by atoms with E-state index in [0.29, 0.717) is 27.9 Å². The topological polar surface area (TPSA) is 15.3 Å². The fraction of sp³-hybridized carbons (Fsp3) is 0.429. The molecule has 0 spiro atoms. The number of nitrogens with one attached hydrogen (secondary N) is 1. The fourth-order valence-corrected chi connectivity index (χ4v) is 3.93. The molecule has 1 saturated heterocycles. The van der Waals surface area contributed by atoms with E-state index in [-0.39, 0.29) is 0 Å². The van der Waals surface area contributed by atoms with Crippen molar-refractivity contribution < 1.29 is 0 Å². The molecule has 2 aromatic carbocycles. The first-order chi connectivity index (χ1) is 12.0. The minimum Gasteiger partial charge on any atom is -0.314 e. The molecule has 0 saturated carbocycles. The SMILES string of the molecule is CC(C)c1ccc(CN(C)C2CNCC2c2ccc(Cl)c(Cl)c2)cc1. The Morgan fingerprint density at radius 1 is 1.04 bits per heavy atom. The summed E-state index contributed by atoms with van der Waals surface area (Å²) in [7, 11) is 2.21. The Morgan fingerprint density at radius 3 is 2.40 bits per heavy atom. The molecule has 1 N–H and O–H groups in total. The van der Waals surface area contributed by atoms with Crippen LogP contribution in [0.5, 0.6) is 0 Å². The highest BCUT2D eigenvalue weighted by Crippen LogP contribution is 2.31. The van der Waals surface area contributed by atoms with E-state index < -0.39 is 0 Å². The van der Waals surface area contributed by atoms with Crippen LogP contribution in [0, 0.1) is 0 Å². The van der Waals surface area contributed by atoms with Gasteiger partial charge in [0, 0.05) is 31.6 Å². The molecule has 2 aromatic rings. The lowest BCUT2D eigenvalue weighted by Gasteiger charge is -2.29. The first-order valence-corrected chi connectivity index (χ1v) is 9.66. The van der Waals surface area contributed by atoms with Gasteiger partial charge in [0.25, 0.3) is 0 Å². The van der Waals surface area contributed by atoms with E-state index in [1.54, 1.807) is 0 Å². The van der Waals surface area contributed by atoms with Crippen LogP contribution >= 0.6 is 23.2 Å². The highest BCUT2D eigenvalue weighted by atomic mass is 35.5. The highest BCUT2D eigenvalue weighted by Gasteiger charge is 2.31. The van der Waals surface area contributed by atoms with Gasteiger partial charge in [-0.25, -0.2) is 0 Å². The summed E-state index contributed by atoms with van der Waals surface area (Å²) < 4.78 is 0. The van der Waals surface area contributed by atoms with Crippen LogP contribution < -0.4 is 5.32 Å². The first kappa shape index (κ1) is 18.7. The molecule has 0 amide bonds. The van der Waals surface area contributed by atoms with Crippen LogP contribution in [0.1, 0.15) is 42.4 Å². The second-order valence-corrected chi connectivity index (χ2v) is 8.13. The van der Waals surface area contributed by atoms with Crippen LogP contribution in [0.4, 0.5) is 0 Å². The molecule has 1 aliphatic heterocycles. The molecule has 3 rings (SSSR count). The normalized spacial score (nSPS) is 20.6. The Hall–Kier alpha value is -1.06. The predicted octanol–water partition coefficient (Wildman–Crippen LogP) is 5.30. The second kappa shape index (κ2) is 8.09. The van der Waals surface area contributed by atoms with E-state index in [2.05, 4.69) is 61.4 Å². The van der Waals surface area contributed by atoms with Crippen molar-refractivity contribution in [2.75, 3.05) is 20.1 Å². The standard InChI is InChI=1S/C21H26Cl2N2/c1-14(2)16-6-4-15(5-7-16)13-25(3)21-12-24-11-18(21)17-8-9-19(22)20(23)10-17/h4-10,14,18,21,24H,11-13H2,1-3H3. The van der Waals surface area contributed by atoms with Crippen LogP contribution in [0.2, 0.25) is 10.0 Å². The summed E-state index contributed by atoms with van der Waals surface area (Å²) in [6, 6.07) is 15.5. The fourth-order valence-electron chi connectivity index (χ4n) is 3.62. The molecule has 134 valence electrons. The van der Waals surface area contributed by atoms with Gasteiger partial charge in [-0.3, -0.25) is 4.90 Å². The molecule has 1 aliphatic rings. The predicted molar refractivity (Wildman–Crippen MR) is 108 cm³/mol. The van der Waals surface area contributed by atoms with Crippen LogP contribution in [0.25, 0.3) is 0 Å². The van der Waals surface area contributed by atoms with E-state index in [4.69, 9.17) is 23.2 Å². The minimum atomic E-state index is 0.426. The van der Waals surface area contributed by atoms with Crippen molar-refractivity contribution in [3.05, 3.63) is 69.2 Å². The maximum Gasteiger partial charge on any atom is 0.0595 e. The van der Waals surface area contributed by atoms with Gasteiger partial charge in [0.1, 0.15) is 0 Å². The summed E-state index contributed by atoms with van der Waals surface area (Å²) in [5.41, 5.74) is 4.00. The van der Waals surface area contributed by atoms with Gasteiger partial charge in [-0.1, -0.05) is 67.4 Å². The summed E-state index contributed by atoms with van der Waals surface area (Å²) in [4.78, 5) is 2.44. The van der Waals surface area contributed by atoms with Gasteiger partial charge in [-0.15, -0.1) is 0 Å². The monoisotopic (exact) mass is 376 g/mol. The quantitative estimate of drug-likeness (QED) is 0.760. The third-order valence-electron chi connectivity index (χ3n) is 5.20. The molecule has 0 bridgehead atoms. The zero-order chi connectivity index (χ0) is 18.0. The maximum absolute atomic E-state index is 6.22. The van der Waals surface area contributed by atoms with E-state index in [0.717, 1.165) is 19.6 Å². The van der Waals surface area contributed by atoms with Crippen molar-refractivity contribution in [2.24, 2.45) is 0 Å². The van der Waals surface area contributed by atoms with Gasteiger partial charge in [-0.2, -0.15) is 0 Å². The summed E-state index contributed by atoms with van der Waals surface area (Å²) in [5, 5.41) is 4.78. The van der Waals surface area contributed by atoms with Crippen LogP contribution in [-0.2, 0) is 6.54 Å². The highest BCUT2D eigenvalue weighted by molar-refractivity contribution is 6.42. The van der Waals surface area contributed by atoms with Gasteiger partial charge >= 0.3 is 0 Å². The van der Waals surface area contributed by atoms with Crippen LogP contribution in [-0.4, -0.2) is 31.1 Å². The molecular formula is C21H26Cl2N2. The smallest absolute Gasteiger partial charge is 0.0595 e. The van der Waals surface area contributed by atoms with E-state index in [9.17, 15) is 0 Å². The Labute approximate surface area is 161 Å². The summed E-state index contributed by atoms with van der Waals surface area (Å²) in [6.07, 6.45) is 0. The Bertz CT molecular complexity index is 712. The third kappa shape index (κ3) is 4.38. The van der Waals surface area contributed by atoms with Gasteiger partial charge in [0.15, 0.2) is 0 Å². The number of rotatable bonds is 5. The number of halogens is 2. The van der Waals surface area contributed by atoms with Crippen molar-refractivity contribution in [3.63, 3.8) is 0 Å². The zero-order valence-electron chi connectivity index (χ0n) is 15.1. The van der Waals surface area contributed by atoms with Crippen LogP contribution in [0.15, 0.2) is 42.5 Å². The largest absolute Gasteiger partial charge is 0.314 e. The van der Waals surface area contributed by atoms with Gasteiger partial charge in [-0.05, 0) is 41.8 Å². The van der Waals surface area contributed by atoms with Crippen molar-refractivity contribution in [2.45, 2.75) is 38.3 Å². The number of benzene rings is 2. The molecule has 0 aliphatic carbocycles. The molecule has 2 unspecified atom stereocenters. The molecule has 0 aromatic heterocycles. The summed E-state index contributed by atoms with van der Waals surface area (Å²) in [5.74, 6) is 1.000. The van der Waals surface area contributed by atoms with Crippen molar-refractivity contribution in [1.29, 1.82) is 0 Å². The van der Waals surface area contributed by atoms with Crippen molar-refractivity contribution >= 4 is 23.2 Å². The van der Waals surface area contributed by atoms with Gasteiger partial charge in [0.2, 0.25) is 0 Å². The molecule has 2 atom stereocenters. The summed E-state index contributed by atoms with van der Waals surface area (Å²) in [6.45, 7) is 7.37. The second-order valence-electron chi connectivity index (χ2n) is 7.32. The van der Waals surface area contributed by atoms with E-state index in [1.165, 1.54) is 16.7 Å². The average molecular weight is 377 g/mol.